The van der Waals surface area contributed by atoms with Crippen molar-refractivity contribution in [2.45, 2.75) is 32.7 Å². The summed E-state index contributed by atoms with van der Waals surface area (Å²) in [6.07, 6.45) is 2.54. The molecule has 0 aromatic carbocycles. The third-order valence-electron chi connectivity index (χ3n) is 2.63. The number of anilines is 1. The van der Waals surface area contributed by atoms with Gasteiger partial charge < -0.3 is 15.1 Å². The number of nitrogens with zero attached hydrogens (tertiary/aromatic N) is 2. The van der Waals surface area contributed by atoms with Gasteiger partial charge in [-0.15, -0.1) is 10.2 Å². The molecule has 0 spiro atoms. The summed E-state index contributed by atoms with van der Waals surface area (Å²) in [5, 5.41) is 14.4. The molecule has 2 aromatic heterocycles. The highest BCUT2D eigenvalue weighted by molar-refractivity contribution is 7.15. The summed E-state index contributed by atoms with van der Waals surface area (Å²) in [6, 6.07) is 3.52. The fourth-order valence-corrected chi connectivity index (χ4v) is 2.24. The maximum atomic E-state index is 11.7. The number of aromatic nitrogens is 2. The summed E-state index contributed by atoms with van der Waals surface area (Å²) in [4.78, 5) is 23.3. The van der Waals surface area contributed by atoms with Crippen LogP contribution in [-0.2, 0) is 22.6 Å². The number of carbonyl (C=O) groups is 2. The van der Waals surface area contributed by atoms with E-state index in [1.165, 1.54) is 11.3 Å². The van der Waals surface area contributed by atoms with Crippen LogP contribution in [0.15, 0.2) is 22.8 Å². The summed E-state index contributed by atoms with van der Waals surface area (Å²) in [6.45, 7) is 2.29. The highest BCUT2D eigenvalue weighted by Crippen LogP contribution is 2.15. The van der Waals surface area contributed by atoms with Gasteiger partial charge in [0.25, 0.3) is 0 Å². The van der Waals surface area contributed by atoms with Crippen molar-refractivity contribution in [1.29, 1.82) is 0 Å². The van der Waals surface area contributed by atoms with Crippen LogP contribution < -0.4 is 10.6 Å². The zero-order valence-corrected chi connectivity index (χ0v) is 12.4. The van der Waals surface area contributed by atoms with Crippen molar-refractivity contribution in [3.05, 3.63) is 29.2 Å². The van der Waals surface area contributed by atoms with Crippen LogP contribution in [0.25, 0.3) is 0 Å². The predicted octanol–water partition coefficient (Wildman–Crippen LogP) is 1.73. The Kier molecular flexibility index (Phi) is 5.44. The summed E-state index contributed by atoms with van der Waals surface area (Å²) >= 11 is 1.34. The fraction of sp³-hybridized carbons (Fsp3) is 0.385. The minimum absolute atomic E-state index is 0.102. The number of furan rings is 1. The molecular formula is C13H16N4O3S. The maximum Gasteiger partial charge on any atom is 0.226 e. The highest BCUT2D eigenvalue weighted by Gasteiger charge is 2.10. The molecule has 2 N–H and O–H groups in total. The van der Waals surface area contributed by atoms with Crippen LogP contribution in [0, 0.1) is 0 Å². The van der Waals surface area contributed by atoms with E-state index < -0.39 is 0 Å². The van der Waals surface area contributed by atoms with Gasteiger partial charge in [-0.3, -0.25) is 9.59 Å². The van der Waals surface area contributed by atoms with E-state index in [4.69, 9.17) is 4.42 Å². The molecule has 2 heterocycles. The number of hydrogen-bond acceptors (Lipinski definition) is 6. The van der Waals surface area contributed by atoms with Crippen LogP contribution in [0.1, 0.15) is 30.5 Å². The summed E-state index contributed by atoms with van der Waals surface area (Å²) < 4.78 is 5.09. The molecule has 0 saturated heterocycles. The molecule has 21 heavy (non-hydrogen) atoms. The second kappa shape index (κ2) is 7.53. The highest BCUT2D eigenvalue weighted by atomic mass is 32.1. The Morgan fingerprint density at radius 1 is 1.29 bits per heavy atom. The third-order valence-corrected chi connectivity index (χ3v) is 3.62. The fourth-order valence-electron chi connectivity index (χ4n) is 1.54. The van der Waals surface area contributed by atoms with E-state index in [2.05, 4.69) is 20.8 Å². The number of nitrogens with one attached hydrogen (secondary N) is 2. The summed E-state index contributed by atoms with van der Waals surface area (Å²) in [7, 11) is 0. The molecule has 2 aromatic rings. The molecule has 0 aliphatic carbocycles. The van der Waals surface area contributed by atoms with Crippen LogP contribution in [-0.4, -0.2) is 22.0 Å². The van der Waals surface area contributed by atoms with Gasteiger partial charge in [-0.25, -0.2) is 0 Å². The first kappa shape index (κ1) is 15.2. The first-order valence-electron chi connectivity index (χ1n) is 6.58. The standard InChI is InChI=1S/C13H16N4O3S/c1-2-12-16-17-13(21-12)15-11(19)6-5-10(18)14-8-9-4-3-7-20-9/h3-4,7H,2,5-6,8H2,1H3,(H,14,18)(H,15,17,19). The monoisotopic (exact) mass is 308 g/mol. The topological polar surface area (TPSA) is 97.1 Å². The van der Waals surface area contributed by atoms with Crippen LogP contribution in [0.3, 0.4) is 0 Å². The van der Waals surface area contributed by atoms with Gasteiger partial charge in [-0.2, -0.15) is 0 Å². The van der Waals surface area contributed by atoms with Gasteiger partial charge in [0.15, 0.2) is 0 Å². The van der Waals surface area contributed by atoms with Crippen LogP contribution in [0.4, 0.5) is 5.13 Å². The van der Waals surface area contributed by atoms with Crippen LogP contribution >= 0.6 is 11.3 Å². The number of amides is 2. The van der Waals surface area contributed by atoms with E-state index in [9.17, 15) is 9.59 Å². The molecule has 112 valence electrons. The Balaban J connectivity index is 1.67. The second-order valence-electron chi connectivity index (χ2n) is 4.26. The molecule has 0 atom stereocenters. The lowest BCUT2D eigenvalue weighted by Crippen LogP contribution is -2.24. The number of aryl methyl sites for hydroxylation is 1. The molecule has 0 saturated carbocycles. The Morgan fingerprint density at radius 3 is 2.76 bits per heavy atom. The van der Waals surface area contributed by atoms with Crippen molar-refractivity contribution in [1.82, 2.24) is 15.5 Å². The Hall–Kier alpha value is -2.22. The van der Waals surface area contributed by atoms with E-state index >= 15 is 0 Å². The summed E-state index contributed by atoms with van der Waals surface area (Å²) in [5.41, 5.74) is 0. The largest absolute Gasteiger partial charge is 0.467 e. The first-order valence-corrected chi connectivity index (χ1v) is 7.40. The van der Waals surface area contributed by atoms with Crippen molar-refractivity contribution < 1.29 is 14.0 Å². The van der Waals surface area contributed by atoms with Crippen molar-refractivity contribution in [3.8, 4) is 0 Å². The zero-order valence-electron chi connectivity index (χ0n) is 11.6. The van der Waals surface area contributed by atoms with Crippen molar-refractivity contribution >= 4 is 28.3 Å². The molecule has 0 aliphatic heterocycles. The van der Waals surface area contributed by atoms with Gasteiger partial charge in [0, 0.05) is 12.8 Å². The van der Waals surface area contributed by atoms with Gasteiger partial charge in [0.1, 0.15) is 10.8 Å². The van der Waals surface area contributed by atoms with Crippen LogP contribution in [0.2, 0.25) is 0 Å². The van der Waals surface area contributed by atoms with Gasteiger partial charge in [0.05, 0.1) is 12.8 Å². The van der Waals surface area contributed by atoms with E-state index in [0.29, 0.717) is 17.4 Å². The molecular weight excluding hydrogens is 292 g/mol. The molecule has 0 unspecified atom stereocenters. The minimum Gasteiger partial charge on any atom is -0.467 e. The lowest BCUT2D eigenvalue weighted by Gasteiger charge is -2.03. The molecule has 7 nitrogen and oxygen atoms in total. The number of carbonyl (C=O) groups excluding carboxylic acids is 2. The molecule has 2 rings (SSSR count). The average Bonchev–Trinajstić information content (AvgIpc) is 3.14. The molecule has 2 amide bonds. The zero-order chi connectivity index (χ0) is 15.1. The van der Waals surface area contributed by atoms with Crippen molar-refractivity contribution in [3.63, 3.8) is 0 Å². The number of hydrogen-bond donors (Lipinski definition) is 2. The Morgan fingerprint density at radius 2 is 2.10 bits per heavy atom. The Labute approximate surface area is 125 Å². The lowest BCUT2D eigenvalue weighted by atomic mass is 10.3. The quantitative estimate of drug-likeness (QED) is 0.812. The van der Waals surface area contributed by atoms with Gasteiger partial charge in [-0.05, 0) is 18.6 Å². The van der Waals surface area contributed by atoms with Crippen molar-refractivity contribution in [2.75, 3.05) is 5.32 Å². The molecule has 0 radical (unpaired) electrons. The molecule has 0 bridgehead atoms. The van der Waals surface area contributed by atoms with E-state index in [1.807, 2.05) is 6.92 Å². The minimum atomic E-state index is -0.248. The first-order chi connectivity index (χ1) is 10.2. The van der Waals surface area contributed by atoms with Gasteiger partial charge in [-0.1, -0.05) is 18.3 Å². The lowest BCUT2D eigenvalue weighted by molar-refractivity contribution is -0.124. The molecule has 8 heteroatoms. The van der Waals surface area contributed by atoms with Crippen LogP contribution in [0.5, 0.6) is 0 Å². The normalized spacial score (nSPS) is 10.3. The molecule has 0 fully saturated rings. The smallest absolute Gasteiger partial charge is 0.226 e. The second-order valence-corrected chi connectivity index (χ2v) is 5.32. The van der Waals surface area contributed by atoms with E-state index in [-0.39, 0.29) is 24.7 Å². The SMILES string of the molecule is CCc1nnc(NC(=O)CCC(=O)NCc2ccco2)s1. The Bertz CT molecular complexity index is 594. The maximum absolute atomic E-state index is 11.7. The van der Waals surface area contributed by atoms with Gasteiger partial charge >= 0.3 is 0 Å². The van der Waals surface area contributed by atoms with E-state index in [1.54, 1.807) is 18.4 Å². The third kappa shape index (κ3) is 4.99. The van der Waals surface area contributed by atoms with E-state index in [0.717, 1.165) is 11.4 Å². The molecule has 0 aliphatic rings. The van der Waals surface area contributed by atoms with Gasteiger partial charge in [0.2, 0.25) is 16.9 Å². The number of rotatable bonds is 7. The summed E-state index contributed by atoms with van der Waals surface area (Å²) in [5.74, 6) is 0.226. The van der Waals surface area contributed by atoms with Crippen molar-refractivity contribution in [2.24, 2.45) is 0 Å². The average molecular weight is 308 g/mol. The predicted molar refractivity (Wildman–Crippen MR) is 77.7 cm³/mol.